The molecule has 2 aromatic carbocycles. The van der Waals surface area contributed by atoms with Crippen molar-refractivity contribution in [2.75, 3.05) is 26.7 Å². The number of hydrogen-bond acceptors (Lipinski definition) is 3. The Hall–Kier alpha value is -1.84. The van der Waals surface area contributed by atoms with Gasteiger partial charge in [0.25, 0.3) is 0 Å². The average Bonchev–Trinajstić information content (AvgIpc) is 2.90. The molecular weight excluding hydrogens is 296 g/mol. The van der Waals surface area contributed by atoms with Gasteiger partial charge in [-0.15, -0.1) is 0 Å². The molecule has 0 aliphatic carbocycles. The minimum absolute atomic E-state index is 0.703. The van der Waals surface area contributed by atoms with Crippen LogP contribution in [0.4, 0.5) is 0 Å². The van der Waals surface area contributed by atoms with Gasteiger partial charge in [-0.25, -0.2) is 0 Å². The van der Waals surface area contributed by atoms with Crippen LogP contribution in [-0.2, 0) is 13.1 Å². The number of nitrogens with zero attached hydrogens (tertiary/aromatic N) is 2. The van der Waals surface area contributed by atoms with Gasteiger partial charge in [-0.3, -0.25) is 9.80 Å². The molecule has 2 saturated heterocycles. The maximum atomic E-state index is 5.26. The highest BCUT2D eigenvalue weighted by atomic mass is 16.5. The van der Waals surface area contributed by atoms with Crippen molar-refractivity contribution in [3.05, 3.63) is 65.7 Å². The fraction of sp³-hybridized carbons (Fsp3) is 0.429. The van der Waals surface area contributed by atoms with Gasteiger partial charge in [-0.1, -0.05) is 42.5 Å². The first-order chi connectivity index (χ1) is 11.8. The van der Waals surface area contributed by atoms with Crippen LogP contribution in [0, 0.1) is 5.92 Å². The molecule has 0 spiro atoms. The highest BCUT2D eigenvalue weighted by Gasteiger charge is 2.38. The third-order valence-electron chi connectivity index (χ3n) is 5.39. The molecule has 126 valence electrons. The van der Waals surface area contributed by atoms with Crippen LogP contribution in [-0.4, -0.2) is 42.6 Å². The third kappa shape index (κ3) is 3.47. The largest absolute Gasteiger partial charge is 0.497 e. The number of hydrogen-bond donors (Lipinski definition) is 0. The number of likely N-dealkylation sites (tertiary alicyclic amines) is 2. The zero-order valence-corrected chi connectivity index (χ0v) is 14.4. The van der Waals surface area contributed by atoms with E-state index < -0.39 is 0 Å². The smallest absolute Gasteiger partial charge is 0.118 e. The van der Waals surface area contributed by atoms with Gasteiger partial charge < -0.3 is 4.74 Å². The van der Waals surface area contributed by atoms with Crippen LogP contribution in [0.3, 0.4) is 0 Å². The van der Waals surface area contributed by atoms with Gasteiger partial charge in [0.2, 0.25) is 0 Å². The summed E-state index contributed by atoms with van der Waals surface area (Å²) in [6, 6.07) is 20.1. The predicted molar refractivity (Wildman–Crippen MR) is 97.0 cm³/mol. The first kappa shape index (κ1) is 15.7. The van der Waals surface area contributed by atoms with E-state index in [1.165, 1.54) is 37.2 Å². The topological polar surface area (TPSA) is 15.7 Å². The molecule has 4 rings (SSSR count). The Kier molecular flexibility index (Phi) is 4.54. The second-order valence-electron chi connectivity index (χ2n) is 7.21. The molecule has 24 heavy (non-hydrogen) atoms. The van der Waals surface area contributed by atoms with E-state index in [1.54, 1.807) is 7.11 Å². The second kappa shape index (κ2) is 6.96. The van der Waals surface area contributed by atoms with Crippen LogP contribution in [0.25, 0.3) is 0 Å². The molecule has 2 fully saturated rings. The highest BCUT2D eigenvalue weighted by molar-refractivity contribution is 5.27. The Balaban J connectivity index is 1.38. The molecule has 0 saturated carbocycles. The quantitative estimate of drug-likeness (QED) is 0.839. The molecule has 3 heteroatoms. The molecule has 2 aliphatic rings. The molecule has 0 N–H and O–H groups in total. The van der Waals surface area contributed by atoms with Gasteiger partial charge in [0.05, 0.1) is 7.11 Å². The number of rotatable bonds is 5. The highest BCUT2D eigenvalue weighted by Crippen LogP contribution is 2.31. The summed E-state index contributed by atoms with van der Waals surface area (Å²) in [7, 11) is 1.72. The summed E-state index contributed by atoms with van der Waals surface area (Å²) in [5, 5.41) is 0. The average molecular weight is 322 g/mol. The van der Waals surface area contributed by atoms with Crippen LogP contribution in [0.2, 0.25) is 0 Å². The van der Waals surface area contributed by atoms with Gasteiger partial charge in [0.15, 0.2) is 0 Å². The Morgan fingerprint density at radius 1 is 0.875 bits per heavy atom. The van der Waals surface area contributed by atoms with Crippen LogP contribution >= 0.6 is 0 Å². The molecular formula is C21H26N2O. The lowest BCUT2D eigenvalue weighted by atomic mass is 9.99. The third-order valence-corrected chi connectivity index (χ3v) is 5.39. The fourth-order valence-electron chi connectivity index (χ4n) is 4.28. The summed E-state index contributed by atoms with van der Waals surface area (Å²) in [5.41, 5.74) is 2.82. The van der Waals surface area contributed by atoms with Crippen molar-refractivity contribution in [2.45, 2.75) is 25.6 Å². The number of methoxy groups -OCH3 is 1. The minimum atomic E-state index is 0.703. The Labute approximate surface area is 144 Å². The Morgan fingerprint density at radius 3 is 2.38 bits per heavy atom. The van der Waals surface area contributed by atoms with Gasteiger partial charge in [0, 0.05) is 38.8 Å². The number of fused-ring (bicyclic) bond motifs is 2. The monoisotopic (exact) mass is 322 g/mol. The zero-order chi connectivity index (χ0) is 16.4. The van der Waals surface area contributed by atoms with E-state index in [9.17, 15) is 0 Å². The molecule has 2 atom stereocenters. The van der Waals surface area contributed by atoms with E-state index in [2.05, 4.69) is 64.4 Å². The Bertz CT molecular complexity index is 655. The van der Waals surface area contributed by atoms with Crippen LogP contribution in [0.5, 0.6) is 5.75 Å². The van der Waals surface area contributed by atoms with E-state index in [0.717, 1.165) is 24.8 Å². The van der Waals surface area contributed by atoms with Gasteiger partial charge in [-0.2, -0.15) is 0 Å². The fourth-order valence-corrected chi connectivity index (χ4v) is 4.28. The van der Waals surface area contributed by atoms with Gasteiger partial charge in [0.1, 0.15) is 5.75 Å². The predicted octanol–water partition coefficient (Wildman–Crippen LogP) is 3.40. The minimum Gasteiger partial charge on any atom is -0.497 e. The van der Waals surface area contributed by atoms with Crippen molar-refractivity contribution in [1.29, 1.82) is 0 Å². The lowest BCUT2D eigenvalue weighted by Crippen LogP contribution is -2.41. The van der Waals surface area contributed by atoms with Gasteiger partial charge >= 0.3 is 0 Å². The van der Waals surface area contributed by atoms with Crippen molar-refractivity contribution in [2.24, 2.45) is 5.92 Å². The van der Waals surface area contributed by atoms with E-state index in [1.807, 2.05) is 0 Å². The summed E-state index contributed by atoms with van der Waals surface area (Å²) >= 11 is 0. The molecule has 2 aromatic rings. The number of benzene rings is 2. The number of piperidine rings is 1. The molecule has 2 aliphatic heterocycles. The van der Waals surface area contributed by atoms with Crippen LogP contribution in [0.15, 0.2) is 54.6 Å². The standard InChI is InChI=1S/C21H26N2O/c1-24-21-9-7-18(8-10-21)14-23-15-19-11-20(23)16-22(13-19)12-17-5-3-2-4-6-17/h2-10,19-20H,11-16H2,1H3/t19-,20+/m0/s1. The lowest BCUT2D eigenvalue weighted by Gasteiger charge is -2.33. The molecule has 0 aromatic heterocycles. The van der Waals surface area contributed by atoms with E-state index in [0.29, 0.717) is 6.04 Å². The van der Waals surface area contributed by atoms with Crippen molar-refractivity contribution >= 4 is 0 Å². The van der Waals surface area contributed by atoms with E-state index in [-0.39, 0.29) is 0 Å². The number of ether oxygens (including phenoxy) is 1. The van der Waals surface area contributed by atoms with Gasteiger partial charge in [-0.05, 0) is 35.6 Å². The zero-order valence-electron chi connectivity index (χ0n) is 14.4. The van der Waals surface area contributed by atoms with Crippen LogP contribution < -0.4 is 4.74 Å². The SMILES string of the molecule is COc1ccc(CN2C[C@H]3C[C@@H]2CN(Cc2ccccc2)C3)cc1. The first-order valence-electron chi connectivity index (χ1n) is 8.93. The summed E-state index contributed by atoms with van der Waals surface area (Å²) in [4.78, 5) is 5.32. The normalized spacial score (nSPS) is 24.2. The van der Waals surface area contributed by atoms with Crippen molar-refractivity contribution in [3.8, 4) is 5.75 Å². The second-order valence-corrected chi connectivity index (χ2v) is 7.21. The lowest BCUT2D eigenvalue weighted by molar-refractivity contribution is 0.153. The molecule has 2 bridgehead atoms. The molecule has 0 radical (unpaired) electrons. The first-order valence-corrected chi connectivity index (χ1v) is 8.93. The summed E-state index contributed by atoms with van der Waals surface area (Å²) in [6.45, 7) is 5.82. The molecule has 0 amide bonds. The maximum Gasteiger partial charge on any atom is 0.118 e. The molecule has 0 unspecified atom stereocenters. The van der Waals surface area contributed by atoms with Crippen molar-refractivity contribution in [3.63, 3.8) is 0 Å². The summed E-state index contributed by atoms with van der Waals surface area (Å²) in [6.07, 6.45) is 1.36. The summed E-state index contributed by atoms with van der Waals surface area (Å²) in [5.74, 6) is 1.76. The molecule has 2 heterocycles. The van der Waals surface area contributed by atoms with Crippen molar-refractivity contribution < 1.29 is 4.74 Å². The van der Waals surface area contributed by atoms with E-state index >= 15 is 0 Å². The van der Waals surface area contributed by atoms with Crippen LogP contribution in [0.1, 0.15) is 17.5 Å². The summed E-state index contributed by atoms with van der Waals surface area (Å²) < 4.78 is 5.26. The molecule has 3 nitrogen and oxygen atoms in total. The van der Waals surface area contributed by atoms with Crippen molar-refractivity contribution in [1.82, 2.24) is 9.80 Å². The van der Waals surface area contributed by atoms with E-state index in [4.69, 9.17) is 4.74 Å². The Morgan fingerprint density at radius 2 is 1.62 bits per heavy atom. The maximum absolute atomic E-state index is 5.26.